The molecule has 1 saturated heterocycles. The largest absolute Gasteiger partial charge is 0.439 e. The fourth-order valence-electron chi connectivity index (χ4n) is 5.34. The van der Waals surface area contributed by atoms with Crippen LogP contribution < -0.4 is 10.6 Å². The minimum Gasteiger partial charge on any atom is -0.439 e. The molecule has 5 rings (SSSR count). The predicted octanol–water partition coefficient (Wildman–Crippen LogP) is 4.78. The molecule has 8 heteroatoms. The number of oxazole rings is 1. The van der Waals surface area contributed by atoms with Crippen LogP contribution >= 0.6 is 11.6 Å². The number of halogens is 1. The third-order valence-electron chi connectivity index (χ3n) is 6.75. The number of hydrogen-bond acceptors (Lipinski definition) is 5. The lowest BCUT2D eigenvalue weighted by Gasteiger charge is -2.42. The highest BCUT2D eigenvalue weighted by Gasteiger charge is 2.44. The highest BCUT2D eigenvalue weighted by atomic mass is 35.5. The molecule has 7 nitrogen and oxygen atoms in total. The lowest BCUT2D eigenvalue weighted by atomic mass is 9.74. The molecular weight excluding hydrogens is 404 g/mol. The van der Waals surface area contributed by atoms with Crippen LogP contribution in [0.4, 0.5) is 10.5 Å². The molecule has 2 amide bonds. The molecule has 1 aromatic carbocycles. The number of nitrogens with zero attached hydrogens (tertiary/aromatic N) is 2. The maximum Gasteiger partial charge on any atom is 0.319 e. The van der Waals surface area contributed by atoms with Gasteiger partial charge in [-0.2, -0.15) is 0 Å². The number of likely N-dealkylation sites (tertiary alicyclic amines) is 1. The van der Waals surface area contributed by atoms with Crippen LogP contribution in [0, 0.1) is 0 Å². The van der Waals surface area contributed by atoms with Crippen LogP contribution in [0.1, 0.15) is 63.3 Å². The first kappa shape index (κ1) is 20.1. The molecule has 0 bridgehead atoms. The number of urea groups is 1. The molecule has 2 aromatic rings. The average Bonchev–Trinajstić information content (AvgIpc) is 3.12. The number of carbonyl (C=O) groups is 1. The van der Waals surface area contributed by atoms with Crippen LogP contribution in [0.15, 0.2) is 10.5 Å². The Hall–Kier alpha value is -1.83. The zero-order valence-electron chi connectivity index (χ0n) is 17.4. The van der Waals surface area contributed by atoms with Crippen molar-refractivity contribution < 1.29 is 13.9 Å². The van der Waals surface area contributed by atoms with Crippen molar-refractivity contribution >= 4 is 34.4 Å². The smallest absolute Gasteiger partial charge is 0.319 e. The number of carbonyl (C=O) groups excluding carboxylic acids is 1. The Balaban J connectivity index is 1.47. The molecule has 0 unspecified atom stereocenters. The van der Waals surface area contributed by atoms with Gasteiger partial charge in [-0.1, -0.05) is 30.9 Å². The number of anilines is 1. The van der Waals surface area contributed by atoms with Gasteiger partial charge in [0.05, 0.1) is 28.9 Å². The van der Waals surface area contributed by atoms with Gasteiger partial charge in [-0.15, -0.1) is 0 Å². The summed E-state index contributed by atoms with van der Waals surface area (Å²) in [7, 11) is 0. The molecule has 162 valence electrons. The number of nitrogens with one attached hydrogen (secondary N) is 2. The minimum absolute atomic E-state index is 0.192. The van der Waals surface area contributed by atoms with E-state index in [9.17, 15) is 4.79 Å². The highest BCUT2D eigenvalue weighted by molar-refractivity contribution is 6.35. The first-order valence-corrected chi connectivity index (χ1v) is 11.5. The Kier molecular flexibility index (Phi) is 5.37. The van der Waals surface area contributed by atoms with Crippen LogP contribution in [-0.2, 0) is 16.8 Å². The van der Waals surface area contributed by atoms with E-state index in [0.29, 0.717) is 29.2 Å². The lowest BCUT2D eigenvalue weighted by Crippen LogP contribution is -2.52. The van der Waals surface area contributed by atoms with Crippen LogP contribution in [0.25, 0.3) is 11.1 Å². The fraction of sp³-hybridized carbons (Fsp3) is 0.636. The van der Waals surface area contributed by atoms with E-state index in [-0.39, 0.29) is 6.03 Å². The van der Waals surface area contributed by atoms with Gasteiger partial charge in [0.1, 0.15) is 5.52 Å². The molecule has 3 heterocycles. The van der Waals surface area contributed by atoms with Crippen LogP contribution in [0.2, 0.25) is 5.02 Å². The van der Waals surface area contributed by atoms with Gasteiger partial charge in [0, 0.05) is 25.3 Å². The SMILES string of the molecule is CCOC1CCN(Cc2nc3cc(Cl)c4c(c3o2)C2(CCCCC2)NC(=O)N4)CC1. The molecule has 2 aliphatic heterocycles. The van der Waals surface area contributed by atoms with E-state index in [4.69, 9.17) is 25.7 Å². The fourth-order valence-corrected chi connectivity index (χ4v) is 5.59. The minimum atomic E-state index is -0.425. The second-order valence-corrected chi connectivity index (χ2v) is 9.12. The van der Waals surface area contributed by atoms with Gasteiger partial charge in [-0.25, -0.2) is 9.78 Å². The van der Waals surface area contributed by atoms with Crippen molar-refractivity contribution in [2.75, 3.05) is 25.0 Å². The number of amides is 2. The van der Waals surface area contributed by atoms with Crippen molar-refractivity contribution in [3.63, 3.8) is 0 Å². The van der Waals surface area contributed by atoms with E-state index in [0.717, 1.165) is 74.9 Å². The van der Waals surface area contributed by atoms with Gasteiger partial charge in [-0.05, 0) is 38.7 Å². The van der Waals surface area contributed by atoms with Crippen LogP contribution in [0.5, 0.6) is 0 Å². The van der Waals surface area contributed by atoms with Gasteiger partial charge in [0.15, 0.2) is 5.58 Å². The molecule has 3 aliphatic rings. The third kappa shape index (κ3) is 3.57. The molecule has 1 saturated carbocycles. The normalized spacial score (nSPS) is 22.1. The zero-order valence-corrected chi connectivity index (χ0v) is 18.2. The Morgan fingerprint density at radius 1 is 1.30 bits per heavy atom. The summed E-state index contributed by atoms with van der Waals surface area (Å²) >= 11 is 6.59. The Morgan fingerprint density at radius 3 is 2.80 bits per heavy atom. The topological polar surface area (TPSA) is 79.6 Å². The van der Waals surface area contributed by atoms with Crippen molar-refractivity contribution in [3.8, 4) is 0 Å². The second kappa shape index (κ2) is 8.02. The lowest BCUT2D eigenvalue weighted by molar-refractivity contribution is 0.0109. The number of rotatable bonds is 4. The monoisotopic (exact) mass is 432 g/mol. The van der Waals surface area contributed by atoms with Gasteiger partial charge in [0.25, 0.3) is 0 Å². The summed E-state index contributed by atoms with van der Waals surface area (Å²) in [4.78, 5) is 19.5. The standard InChI is InChI=1S/C22H29ClN4O3/c1-2-29-14-6-10-27(11-7-14)13-17-24-16-12-15(23)19-18(20(16)30-17)22(26-21(28)25-19)8-4-3-5-9-22/h12,14H,2-11,13H2,1H3,(H2,25,26,28). The average molecular weight is 433 g/mol. The van der Waals surface area contributed by atoms with Crippen LogP contribution in [-0.4, -0.2) is 41.7 Å². The van der Waals surface area contributed by atoms with Gasteiger partial charge < -0.3 is 19.8 Å². The molecule has 0 radical (unpaired) electrons. The molecule has 2 N–H and O–H groups in total. The van der Waals surface area contributed by atoms with E-state index >= 15 is 0 Å². The first-order chi connectivity index (χ1) is 14.6. The molecular formula is C22H29ClN4O3. The number of benzene rings is 1. The number of fused-ring (bicyclic) bond motifs is 4. The summed E-state index contributed by atoms with van der Waals surface area (Å²) < 4.78 is 12.1. The Labute approximate surface area is 181 Å². The summed E-state index contributed by atoms with van der Waals surface area (Å²) in [6.45, 7) is 5.45. The van der Waals surface area contributed by atoms with E-state index in [1.54, 1.807) is 0 Å². The zero-order chi connectivity index (χ0) is 20.7. The maximum absolute atomic E-state index is 12.4. The summed E-state index contributed by atoms with van der Waals surface area (Å²) in [6.07, 6.45) is 7.55. The molecule has 0 atom stereocenters. The molecule has 1 aliphatic carbocycles. The number of piperidine rings is 1. The number of aromatic nitrogens is 1. The highest BCUT2D eigenvalue weighted by Crippen LogP contribution is 2.48. The van der Waals surface area contributed by atoms with E-state index in [1.807, 2.05) is 13.0 Å². The van der Waals surface area contributed by atoms with E-state index in [1.165, 1.54) is 6.42 Å². The molecule has 30 heavy (non-hydrogen) atoms. The Morgan fingerprint density at radius 2 is 2.07 bits per heavy atom. The van der Waals surface area contributed by atoms with Gasteiger partial charge >= 0.3 is 6.03 Å². The van der Waals surface area contributed by atoms with E-state index in [2.05, 4.69) is 15.5 Å². The number of hydrogen-bond donors (Lipinski definition) is 2. The van der Waals surface area contributed by atoms with Crippen LogP contribution in [0.3, 0.4) is 0 Å². The molecule has 1 aromatic heterocycles. The first-order valence-electron chi connectivity index (χ1n) is 11.1. The van der Waals surface area contributed by atoms with Crippen molar-refractivity contribution in [2.24, 2.45) is 0 Å². The summed E-state index contributed by atoms with van der Waals surface area (Å²) in [6, 6.07) is 1.62. The maximum atomic E-state index is 12.4. The summed E-state index contributed by atoms with van der Waals surface area (Å²) in [5.74, 6) is 0.701. The van der Waals surface area contributed by atoms with Gasteiger partial charge in [-0.3, -0.25) is 4.90 Å². The van der Waals surface area contributed by atoms with Crippen molar-refractivity contribution in [2.45, 2.75) is 70.1 Å². The molecule has 1 spiro atoms. The molecule has 2 fully saturated rings. The number of ether oxygens (including phenoxy) is 1. The quantitative estimate of drug-likeness (QED) is 0.726. The van der Waals surface area contributed by atoms with Crippen molar-refractivity contribution in [3.05, 3.63) is 22.5 Å². The Bertz CT molecular complexity index is 945. The second-order valence-electron chi connectivity index (χ2n) is 8.72. The third-order valence-corrected chi connectivity index (χ3v) is 7.05. The predicted molar refractivity (Wildman–Crippen MR) is 116 cm³/mol. The summed E-state index contributed by atoms with van der Waals surface area (Å²) in [5, 5.41) is 6.62. The van der Waals surface area contributed by atoms with Crippen molar-refractivity contribution in [1.82, 2.24) is 15.2 Å². The van der Waals surface area contributed by atoms with Crippen molar-refractivity contribution in [1.29, 1.82) is 0 Å². The van der Waals surface area contributed by atoms with E-state index < -0.39 is 5.54 Å². The summed E-state index contributed by atoms with van der Waals surface area (Å²) in [5.41, 5.74) is 2.74. The van der Waals surface area contributed by atoms with Gasteiger partial charge in [0.2, 0.25) is 5.89 Å².